The lowest BCUT2D eigenvalue weighted by atomic mass is 9.92. The Morgan fingerprint density at radius 3 is 2.49 bits per heavy atom. The van der Waals surface area contributed by atoms with Gasteiger partial charge < -0.3 is 15.2 Å². The number of rotatable bonds is 6. The predicted octanol–water partition coefficient (Wildman–Crippen LogP) is 5.31. The zero-order chi connectivity index (χ0) is 24.5. The summed E-state index contributed by atoms with van der Waals surface area (Å²) in [5, 5.41) is 14.2. The van der Waals surface area contributed by atoms with Crippen molar-refractivity contribution in [1.82, 2.24) is 5.32 Å². The number of halogens is 1. The van der Waals surface area contributed by atoms with Crippen LogP contribution in [0.5, 0.6) is 5.75 Å². The molecular weight excluding hydrogens is 445 g/mol. The smallest absolute Gasteiger partial charge is 0.326 e. The summed E-state index contributed by atoms with van der Waals surface area (Å²) in [5.74, 6) is -1.72. The molecule has 4 aromatic carbocycles. The number of amides is 1. The van der Waals surface area contributed by atoms with Crippen molar-refractivity contribution in [2.45, 2.75) is 25.8 Å². The number of carbonyl (C=O) groups is 2. The zero-order valence-electron chi connectivity index (χ0n) is 19.2. The summed E-state index contributed by atoms with van der Waals surface area (Å²) in [5.41, 5.74) is 4.25. The van der Waals surface area contributed by atoms with Gasteiger partial charge in [-0.1, -0.05) is 66.7 Å². The fraction of sp³-hybridized carbons (Fsp3) is 0.172. The van der Waals surface area contributed by atoms with E-state index in [1.165, 1.54) is 17.7 Å². The van der Waals surface area contributed by atoms with Gasteiger partial charge in [-0.3, -0.25) is 4.79 Å². The summed E-state index contributed by atoms with van der Waals surface area (Å²) >= 11 is 0. The maximum absolute atomic E-state index is 14.3. The summed E-state index contributed by atoms with van der Waals surface area (Å²) in [7, 11) is 0. The van der Waals surface area contributed by atoms with E-state index in [2.05, 4.69) is 11.4 Å². The van der Waals surface area contributed by atoms with Crippen molar-refractivity contribution in [1.29, 1.82) is 0 Å². The fourth-order valence-electron chi connectivity index (χ4n) is 4.79. The molecule has 0 radical (unpaired) electrons. The third-order valence-electron chi connectivity index (χ3n) is 6.49. The molecule has 0 spiro atoms. The monoisotopic (exact) mass is 469 g/mol. The Morgan fingerprint density at radius 2 is 1.69 bits per heavy atom. The number of carbonyl (C=O) groups excluding carboxylic acids is 1. The Bertz CT molecular complexity index is 1440. The lowest BCUT2D eigenvalue weighted by molar-refractivity contribution is -0.139. The van der Waals surface area contributed by atoms with Crippen molar-refractivity contribution in [3.63, 3.8) is 0 Å². The molecule has 0 aromatic heterocycles. The highest BCUT2D eigenvalue weighted by molar-refractivity contribution is 6.01. The van der Waals surface area contributed by atoms with Crippen molar-refractivity contribution in [3.8, 4) is 16.9 Å². The van der Waals surface area contributed by atoms with E-state index < -0.39 is 23.7 Å². The summed E-state index contributed by atoms with van der Waals surface area (Å²) in [6.07, 6.45) is 0.930. The molecular formula is C29H24FNO4. The van der Waals surface area contributed by atoms with Crippen molar-refractivity contribution in [3.05, 3.63) is 101 Å². The van der Waals surface area contributed by atoms with Crippen LogP contribution in [0.3, 0.4) is 0 Å². The number of benzene rings is 4. The highest BCUT2D eigenvalue weighted by Crippen LogP contribution is 2.40. The SMILES string of the molecule is Cc1cccc(F)c1C(=O)N[C@@H](Cc1cccc2c(-c3cccc4c3OCC4)cccc12)C(=O)O. The molecule has 2 N–H and O–H groups in total. The minimum Gasteiger partial charge on any atom is -0.492 e. The lowest BCUT2D eigenvalue weighted by Crippen LogP contribution is -2.42. The first kappa shape index (κ1) is 22.6. The van der Waals surface area contributed by atoms with E-state index in [0.29, 0.717) is 12.2 Å². The molecule has 0 unspecified atom stereocenters. The van der Waals surface area contributed by atoms with Crippen molar-refractivity contribution >= 4 is 22.6 Å². The van der Waals surface area contributed by atoms with Crippen LogP contribution in [0.4, 0.5) is 4.39 Å². The summed E-state index contributed by atoms with van der Waals surface area (Å²) in [4.78, 5) is 24.8. The van der Waals surface area contributed by atoms with E-state index in [1.54, 1.807) is 13.0 Å². The Balaban J connectivity index is 1.50. The maximum Gasteiger partial charge on any atom is 0.326 e. The van der Waals surface area contributed by atoms with Crippen LogP contribution < -0.4 is 10.1 Å². The number of aryl methyl sites for hydroxylation is 1. The molecule has 1 heterocycles. The second-order valence-electron chi connectivity index (χ2n) is 8.71. The molecule has 6 heteroatoms. The largest absolute Gasteiger partial charge is 0.492 e. The van der Waals surface area contributed by atoms with E-state index in [9.17, 15) is 19.1 Å². The normalized spacial score (nSPS) is 13.2. The van der Waals surface area contributed by atoms with Gasteiger partial charge in [0.15, 0.2) is 0 Å². The van der Waals surface area contributed by atoms with Crippen molar-refractivity contribution in [2.24, 2.45) is 0 Å². The van der Waals surface area contributed by atoms with Gasteiger partial charge in [0.25, 0.3) is 5.91 Å². The molecule has 1 aliphatic rings. The van der Waals surface area contributed by atoms with Gasteiger partial charge in [0.1, 0.15) is 17.6 Å². The van der Waals surface area contributed by atoms with Crippen LogP contribution in [-0.2, 0) is 17.6 Å². The number of hydrogen-bond donors (Lipinski definition) is 2. The van der Waals surface area contributed by atoms with Crippen LogP contribution >= 0.6 is 0 Å². The molecule has 0 saturated heterocycles. The van der Waals surface area contributed by atoms with E-state index in [0.717, 1.165) is 39.6 Å². The summed E-state index contributed by atoms with van der Waals surface area (Å²) < 4.78 is 20.2. The quantitative estimate of drug-likeness (QED) is 0.401. The predicted molar refractivity (Wildman–Crippen MR) is 132 cm³/mol. The Morgan fingerprint density at radius 1 is 0.971 bits per heavy atom. The topological polar surface area (TPSA) is 75.6 Å². The number of fused-ring (bicyclic) bond motifs is 2. The van der Waals surface area contributed by atoms with Crippen LogP contribution in [0.25, 0.3) is 21.9 Å². The number of hydrogen-bond acceptors (Lipinski definition) is 3. The van der Waals surface area contributed by atoms with Crippen LogP contribution in [0.1, 0.15) is 27.0 Å². The second kappa shape index (κ2) is 9.22. The molecule has 4 aromatic rings. The maximum atomic E-state index is 14.3. The third kappa shape index (κ3) is 4.23. The number of para-hydroxylation sites is 1. The highest BCUT2D eigenvalue weighted by atomic mass is 19.1. The first-order chi connectivity index (χ1) is 16.9. The molecule has 0 fully saturated rings. The van der Waals surface area contributed by atoms with E-state index in [1.807, 2.05) is 48.5 Å². The van der Waals surface area contributed by atoms with Gasteiger partial charge >= 0.3 is 5.97 Å². The van der Waals surface area contributed by atoms with Gasteiger partial charge in [0.05, 0.1) is 12.2 Å². The number of ether oxygens (including phenoxy) is 1. The number of aliphatic carboxylic acids is 1. The molecule has 0 saturated carbocycles. The zero-order valence-corrected chi connectivity index (χ0v) is 19.2. The first-order valence-corrected chi connectivity index (χ1v) is 11.5. The Labute approximate surface area is 202 Å². The molecule has 1 atom stereocenters. The highest BCUT2D eigenvalue weighted by Gasteiger charge is 2.25. The molecule has 0 bridgehead atoms. The summed E-state index contributed by atoms with van der Waals surface area (Å²) in [6.45, 7) is 2.27. The standard InChI is InChI=1S/C29H24FNO4/c1-17-6-2-13-24(30)26(17)28(32)31-25(29(33)34)16-19-8-4-10-21-20(19)9-5-11-22(21)23-12-3-7-18-14-15-35-27(18)23/h2-13,25H,14-16H2,1H3,(H,31,32)(H,33,34)/t25-/m0/s1. The van der Waals surface area contributed by atoms with Crippen LogP contribution in [0, 0.1) is 12.7 Å². The Hall–Kier alpha value is -4.19. The minimum absolute atomic E-state index is 0.0543. The van der Waals surface area contributed by atoms with E-state index in [4.69, 9.17) is 4.74 Å². The van der Waals surface area contributed by atoms with E-state index in [-0.39, 0.29) is 12.0 Å². The number of carboxylic acid groups (broad SMARTS) is 1. The van der Waals surface area contributed by atoms with Gasteiger partial charge in [-0.2, -0.15) is 0 Å². The van der Waals surface area contributed by atoms with Gasteiger partial charge in [-0.05, 0) is 46.0 Å². The average Bonchev–Trinajstić information content (AvgIpc) is 3.32. The number of nitrogens with one attached hydrogen (secondary N) is 1. The molecule has 1 aliphatic heterocycles. The van der Waals surface area contributed by atoms with Crippen LogP contribution in [-0.4, -0.2) is 29.6 Å². The van der Waals surface area contributed by atoms with Crippen molar-refractivity contribution in [2.75, 3.05) is 6.61 Å². The van der Waals surface area contributed by atoms with Crippen LogP contribution in [0.2, 0.25) is 0 Å². The minimum atomic E-state index is -1.22. The second-order valence-corrected chi connectivity index (χ2v) is 8.71. The van der Waals surface area contributed by atoms with Gasteiger partial charge in [0, 0.05) is 18.4 Å². The first-order valence-electron chi connectivity index (χ1n) is 11.5. The van der Waals surface area contributed by atoms with Crippen LogP contribution in [0.15, 0.2) is 72.8 Å². The van der Waals surface area contributed by atoms with E-state index >= 15 is 0 Å². The van der Waals surface area contributed by atoms with Gasteiger partial charge in [-0.15, -0.1) is 0 Å². The molecule has 5 rings (SSSR count). The molecule has 176 valence electrons. The van der Waals surface area contributed by atoms with Crippen molar-refractivity contribution < 1.29 is 23.8 Å². The molecule has 0 aliphatic carbocycles. The summed E-state index contributed by atoms with van der Waals surface area (Å²) in [6, 6.07) is 20.9. The number of carboxylic acids is 1. The average molecular weight is 470 g/mol. The van der Waals surface area contributed by atoms with Gasteiger partial charge in [0.2, 0.25) is 0 Å². The molecule has 35 heavy (non-hydrogen) atoms. The molecule has 1 amide bonds. The third-order valence-corrected chi connectivity index (χ3v) is 6.49. The Kier molecular flexibility index (Phi) is 5.95. The molecule has 5 nitrogen and oxygen atoms in total. The van der Waals surface area contributed by atoms with Gasteiger partial charge in [-0.25, -0.2) is 9.18 Å². The fourth-order valence-corrected chi connectivity index (χ4v) is 4.79. The lowest BCUT2D eigenvalue weighted by Gasteiger charge is -2.18.